The number of ether oxygens (including phenoxy) is 1. The summed E-state index contributed by atoms with van der Waals surface area (Å²) < 4.78 is 64.7. The van der Waals surface area contributed by atoms with Crippen LogP contribution >= 0.6 is 11.6 Å². The molecule has 102 valence electrons. The molecule has 0 radical (unpaired) electrons. The van der Waals surface area contributed by atoms with Crippen molar-refractivity contribution in [2.45, 2.75) is 25.3 Å². The summed E-state index contributed by atoms with van der Waals surface area (Å²) in [5.74, 6) is -1.34. The van der Waals surface area contributed by atoms with Crippen molar-refractivity contribution < 1.29 is 31.8 Å². The second-order valence-electron chi connectivity index (χ2n) is 3.11. The van der Waals surface area contributed by atoms with Crippen molar-refractivity contribution in [1.29, 1.82) is 0 Å². The molecule has 0 aliphatic carbocycles. The Bertz CT molecular complexity index is 424. The van der Waals surface area contributed by atoms with Crippen LogP contribution in [0.5, 0.6) is 5.75 Å². The zero-order chi connectivity index (χ0) is 13.9. The van der Waals surface area contributed by atoms with Gasteiger partial charge in [0.25, 0.3) is 6.43 Å². The van der Waals surface area contributed by atoms with Crippen LogP contribution in [0.2, 0.25) is 0 Å². The van der Waals surface area contributed by atoms with E-state index in [2.05, 4.69) is 9.72 Å². The third-order valence-electron chi connectivity index (χ3n) is 1.92. The quantitative estimate of drug-likeness (QED) is 0.684. The average molecular weight is 292 g/mol. The Morgan fingerprint density at radius 3 is 2.39 bits per heavy atom. The van der Waals surface area contributed by atoms with Gasteiger partial charge in [-0.05, 0) is 0 Å². The summed E-state index contributed by atoms with van der Waals surface area (Å²) in [7, 11) is 0. The Hall–Kier alpha value is -1.15. The Morgan fingerprint density at radius 1 is 1.39 bits per heavy atom. The maximum absolute atomic E-state index is 12.4. The minimum absolute atomic E-state index is 0.277. The van der Waals surface area contributed by atoms with Crippen molar-refractivity contribution in [1.82, 2.24) is 4.98 Å². The molecule has 0 saturated carbocycles. The van der Waals surface area contributed by atoms with E-state index >= 15 is 0 Å². The van der Waals surface area contributed by atoms with Crippen LogP contribution in [0, 0.1) is 0 Å². The van der Waals surface area contributed by atoms with E-state index < -0.39 is 36.7 Å². The first-order valence-electron chi connectivity index (χ1n) is 4.52. The molecule has 0 fully saturated rings. The summed E-state index contributed by atoms with van der Waals surface area (Å²) in [5, 5.41) is 8.88. The van der Waals surface area contributed by atoms with Gasteiger partial charge in [0.15, 0.2) is 0 Å². The number of alkyl halides is 6. The van der Waals surface area contributed by atoms with Gasteiger partial charge >= 0.3 is 6.36 Å². The fraction of sp³-hybridized carbons (Fsp3) is 0.444. The van der Waals surface area contributed by atoms with Gasteiger partial charge in [0.1, 0.15) is 11.4 Å². The van der Waals surface area contributed by atoms with E-state index in [0.717, 1.165) is 0 Å². The molecule has 18 heavy (non-hydrogen) atoms. The Kier molecular flexibility index (Phi) is 4.69. The molecule has 0 aliphatic rings. The Balaban J connectivity index is 3.31. The molecular formula is C9H7ClF5NO2. The summed E-state index contributed by atoms with van der Waals surface area (Å²) in [6, 6.07) is 0.453. The van der Waals surface area contributed by atoms with Gasteiger partial charge < -0.3 is 9.84 Å². The summed E-state index contributed by atoms with van der Waals surface area (Å²) in [6.07, 6.45) is -8.14. The smallest absolute Gasteiger partial charge is 0.405 e. The van der Waals surface area contributed by atoms with E-state index in [4.69, 9.17) is 16.7 Å². The lowest BCUT2D eigenvalue weighted by atomic mass is 10.1. The molecule has 0 spiro atoms. The van der Waals surface area contributed by atoms with Gasteiger partial charge in [0, 0.05) is 11.6 Å². The predicted molar refractivity (Wildman–Crippen MR) is 51.4 cm³/mol. The van der Waals surface area contributed by atoms with E-state index in [1.807, 2.05) is 0 Å². The number of aliphatic hydroxyl groups excluding tert-OH is 1. The molecule has 0 unspecified atom stereocenters. The minimum Gasteiger partial charge on any atom is -0.405 e. The molecule has 0 atom stereocenters. The van der Waals surface area contributed by atoms with Crippen molar-refractivity contribution in [3.63, 3.8) is 0 Å². The van der Waals surface area contributed by atoms with Gasteiger partial charge in [-0.25, -0.2) is 13.8 Å². The van der Waals surface area contributed by atoms with Gasteiger partial charge in [0.2, 0.25) is 0 Å². The van der Waals surface area contributed by atoms with E-state index in [9.17, 15) is 22.0 Å². The van der Waals surface area contributed by atoms with Gasteiger partial charge in [-0.3, -0.25) is 0 Å². The number of aromatic nitrogens is 1. The zero-order valence-electron chi connectivity index (χ0n) is 8.64. The molecule has 0 bridgehead atoms. The highest BCUT2D eigenvalue weighted by Crippen LogP contribution is 2.32. The maximum atomic E-state index is 12.4. The van der Waals surface area contributed by atoms with E-state index in [1.54, 1.807) is 0 Å². The molecule has 0 aromatic carbocycles. The highest BCUT2D eigenvalue weighted by Gasteiger charge is 2.33. The highest BCUT2D eigenvalue weighted by molar-refractivity contribution is 6.17. The van der Waals surface area contributed by atoms with Crippen LogP contribution in [0.1, 0.15) is 23.4 Å². The van der Waals surface area contributed by atoms with Crippen LogP contribution in [-0.2, 0) is 12.5 Å². The lowest BCUT2D eigenvalue weighted by Gasteiger charge is -2.15. The van der Waals surface area contributed by atoms with Crippen molar-refractivity contribution in [2.75, 3.05) is 0 Å². The van der Waals surface area contributed by atoms with E-state index in [0.29, 0.717) is 6.07 Å². The van der Waals surface area contributed by atoms with E-state index in [1.165, 1.54) is 0 Å². The van der Waals surface area contributed by atoms with Gasteiger partial charge in [0.05, 0.1) is 18.2 Å². The van der Waals surface area contributed by atoms with Crippen LogP contribution in [0.25, 0.3) is 0 Å². The summed E-state index contributed by atoms with van der Waals surface area (Å²) in [4.78, 5) is 3.32. The predicted octanol–water partition coefficient (Wildman–Crippen LogP) is 3.15. The van der Waals surface area contributed by atoms with Crippen LogP contribution in [0.15, 0.2) is 6.07 Å². The first-order chi connectivity index (χ1) is 8.28. The molecule has 1 rings (SSSR count). The summed E-state index contributed by atoms with van der Waals surface area (Å²) in [5.41, 5.74) is -1.57. The molecule has 1 N–H and O–H groups in total. The van der Waals surface area contributed by atoms with E-state index in [-0.39, 0.29) is 11.3 Å². The monoisotopic (exact) mass is 291 g/mol. The van der Waals surface area contributed by atoms with Crippen molar-refractivity contribution in [3.8, 4) is 5.75 Å². The molecule has 0 aliphatic heterocycles. The van der Waals surface area contributed by atoms with Crippen LogP contribution < -0.4 is 4.74 Å². The van der Waals surface area contributed by atoms with Crippen LogP contribution in [0.3, 0.4) is 0 Å². The number of hydrogen-bond acceptors (Lipinski definition) is 3. The molecule has 9 heteroatoms. The first kappa shape index (κ1) is 14.9. The number of nitrogens with zero attached hydrogens (tertiary/aromatic N) is 1. The largest absolute Gasteiger partial charge is 0.573 e. The van der Waals surface area contributed by atoms with Crippen molar-refractivity contribution in [2.24, 2.45) is 0 Å². The Morgan fingerprint density at radius 2 is 2.00 bits per heavy atom. The summed E-state index contributed by atoms with van der Waals surface area (Å²) in [6.45, 7) is -0.823. The lowest BCUT2D eigenvalue weighted by molar-refractivity contribution is -0.275. The SMILES string of the molecule is OCc1nc(C(F)F)cc(OC(F)(F)F)c1CCl. The number of pyridine rings is 1. The zero-order valence-corrected chi connectivity index (χ0v) is 9.40. The third kappa shape index (κ3) is 3.67. The molecule has 0 amide bonds. The molecule has 1 aromatic rings. The second-order valence-corrected chi connectivity index (χ2v) is 3.38. The number of halogens is 6. The fourth-order valence-electron chi connectivity index (χ4n) is 1.22. The normalized spacial score (nSPS) is 12.0. The minimum atomic E-state index is -5.05. The maximum Gasteiger partial charge on any atom is 0.573 e. The molecule has 1 heterocycles. The lowest BCUT2D eigenvalue weighted by Crippen LogP contribution is -2.19. The molecule has 1 aromatic heterocycles. The van der Waals surface area contributed by atoms with Crippen LogP contribution in [0.4, 0.5) is 22.0 Å². The van der Waals surface area contributed by atoms with Gasteiger partial charge in [-0.15, -0.1) is 24.8 Å². The first-order valence-corrected chi connectivity index (χ1v) is 5.05. The number of rotatable bonds is 4. The second kappa shape index (κ2) is 5.66. The third-order valence-corrected chi connectivity index (χ3v) is 2.19. The Labute approximate surface area is 103 Å². The highest BCUT2D eigenvalue weighted by atomic mass is 35.5. The summed E-state index contributed by atoms with van der Waals surface area (Å²) >= 11 is 5.39. The van der Waals surface area contributed by atoms with Gasteiger partial charge in [-0.1, -0.05) is 0 Å². The van der Waals surface area contributed by atoms with Crippen molar-refractivity contribution >= 4 is 11.6 Å². The van der Waals surface area contributed by atoms with Crippen LogP contribution in [-0.4, -0.2) is 16.5 Å². The standard InChI is InChI=1S/C9H7ClF5NO2/c10-2-4-6(3-17)16-5(8(11)12)1-7(4)18-9(13,14)15/h1,8,17H,2-3H2. The fourth-order valence-corrected chi connectivity index (χ4v) is 1.51. The topological polar surface area (TPSA) is 42.4 Å². The average Bonchev–Trinajstić information content (AvgIpc) is 2.25. The molecule has 3 nitrogen and oxygen atoms in total. The van der Waals surface area contributed by atoms with Gasteiger partial charge in [-0.2, -0.15) is 0 Å². The van der Waals surface area contributed by atoms with Crippen molar-refractivity contribution in [3.05, 3.63) is 23.0 Å². The number of aliphatic hydroxyl groups is 1. The molecule has 0 saturated heterocycles. The molecular weight excluding hydrogens is 285 g/mol. The number of hydrogen-bond donors (Lipinski definition) is 1.